The molecule has 2 heterocycles. The van der Waals surface area contributed by atoms with Crippen LogP contribution in [0.5, 0.6) is 0 Å². The van der Waals surface area contributed by atoms with Gasteiger partial charge in [0.15, 0.2) is 0 Å². The van der Waals surface area contributed by atoms with E-state index in [1.165, 1.54) is 0 Å². The predicted octanol–water partition coefficient (Wildman–Crippen LogP) is 5.35. The van der Waals surface area contributed by atoms with Gasteiger partial charge in [-0.3, -0.25) is 9.17 Å². The highest BCUT2D eigenvalue weighted by molar-refractivity contribution is 7.85. The van der Waals surface area contributed by atoms with E-state index in [0.29, 0.717) is 43.5 Å². The van der Waals surface area contributed by atoms with Crippen molar-refractivity contribution in [2.75, 3.05) is 32.6 Å². The van der Waals surface area contributed by atoms with E-state index in [1.54, 1.807) is 4.90 Å². The van der Waals surface area contributed by atoms with Crippen LogP contribution in [0.2, 0.25) is 5.02 Å². The van der Waals surface area contributed by atoms with Gasteiger partial charge in [0.25, 0.3) is 10.1 Å². The van der Waals surface area contributed by atoms with Gasteiger partial charge in [-0.1, -0.05) is 23.7 Å². The van der Waals surface area contributed by atoms with Crippen molar-refractivity contribution in [1.82, 2.24) is 9.88 Å². The number of amides is 1. The largest absolute Gasteiger partial charge is 0.450 e. The van der Waals surface area contributed by atoms with E-state index in [1.807, 2.05) is 31.3 Å². The molecule has 35 heavy (non-hydrogen) atoms. The van der Waals surface area contributed by atoms with Crippen molar-refractivity contribution >= 4 is 39.5 Å². The lowest BCUT2D eigenvalue weighted by Gasteiger charge is -2.36. The summed E-state index contributed by atoms with van der Waals surface area (Å²) in [5.41, 5.74) is 5.38. The molecule has 0 saturated carbocycles. The molecule has 1 fully saturated rings. The first-order valence-corrected chi connectivity index (χ1v) is 14.2. The number of hydrogen-bond donors (Lipinski definition) is 0. The molecule has 1 aliphatic carbocycles. The van der Waals surface area contributed by atoms with Crippen LogP contribution in [0.25, 0.3) is 11.6 Å². The van der Waals surface area contributed by atoms with Gasteiger partial charge in [0, 0.05) is 30.2 Å². The van der Waals surface area contributed by atoms with E-state index < -0.39 is 10.1 Å². The summed E-state index contributed by atoms with van der Waals surface area (Å²) in [6.07, 6.45) is 7.68. The van der Waals surface area contributed by atoms with E-state index in [0.717, 1.165) is 47.1 Å². The number of carbonyl (C=O) groups excluding carboxylic acids is 1. The summed E-state index contributed by atoms with van der Waals surface area (Å²) in [6, 6.07) is 10.0. The highest BCUT2D eigenvalue weighted by Gasteiger charge is 2.35. The molecule has 4 rings (SSSR count). The molecule has 9 heteroatoms. The van der Waals surface area contributed by atoms with Gasteiger partial charge in [-0.05, 0) is 85.1 Å². The summed E-state index contributed by atoms with van der Waals surface area (Å²) >= 11 is 6.44. The average molecular weight is 519 g/mol. The number of hydrogen-bond acceptors (Lipinski definition) is 6. The number of halogens is 1. The Hall–Kier alpha value is -2.42. The first-order chi connectivity index (χ1) is 16.8. The topological polar surface area (TPSA) is 85.8 Å². The number of fused-ring (bicyclic) bond motifs is 2. The fraction of sp³-hybridized carbons (Fsp3) is 0.462. The second kappa shape index (κ2) is 11.1. The Balaban J connectivity index is 1.65. The van der Waals surface area contributed by atoms with Gasteiger partial charge in [-0.25, -0.2) is 4.79 Å². The lowest BCUT2D eigenvalue weighted by molar-refractivity contribution is 0.0900. The number of likely N-dealkylation sites (tertiary alicyclic amines) is 1. The SMILES string of the molecule is CCOC(=O)N1CCC(C2c3ccc(Cl)cc3C(CCCOS(C)(=O)=O)=Cc3cccnc32)CC1. The van der Waals surface area contributed by atoms with E-state index in [2.05, 4.69) is 18.2 Å². The molecule has 7 nitrogen and oxygen atoms in total. The van der Waals surface area contributed by atoms with Crippen LogP contribution in [-0.4, -0.2) is 57.0 Å². The van der Waals surface area contributed by atoms with Crippen molar-refractivity contribution in [3.05, 3.63) is 63.9 Å². The van der Waals surface area contributed by atoms with E-state index in [-0.39, 0.29) is 18.6 Å². The highest BCUT2D eigenvalue weighted by atomic mass is 35.5. The van der Waals surface area contributed by atoms with Crippen LogP contribution in [0, 0.1) is 5.92 Å². The highest BCUT2D eigenvalue weighted by Crippen LogP contribution is 2.45. The quantitative estimate of drug-likeness (QED) is 0.363. The number of aromatic nitrogens is 1. The zero-order chi connectivity index (χ0) is 25.0. The fourth-order valence-electron chi connectivity index (χ4n) is 5.09. The second-order valence-corrected chi connectivity index (χ2v) is 11.1. The van der Waals surface area contributed by atoms with Crippen LogP contribution >= 0.6 is 11.6 Å². The molecular weight excluding hydrogens is 488 g/mol. The third-order valence-corrected chi connectivity index (χ3v) is 7.45. The summed E-state index contributed by atoms with van der Waals surface area (Å²) in [6.45, 7) is 3.61. The summed E-state index contributed by atoms with van der Waals surface area (Å²) in [7, 11) is -3.48. The van der Waals surface area contributed by atoms with Crippen molar-refractivity contribution in [1.29, 1.82) is 0 Å². The molecule has 1 unspecified atom stereocenters. The molecule has 1 aliphatic heterocycles. The van der Waals surface area contributed by atoms with Crippen molar-refractivity contribution in [2.45, 2.75) is 38.5 Å². The smallest absolute Gasteiger partial charge is 0.409 e. The van der Waals surface area contributed by atoms with Crippen LogP contribution in [0.1, 0.15) is 60.9 Å². The first kappa shape index (κ1) is 25.7. The molecule has 188 valence electrons. The predicted molar refractivity (Wildman–Crippen MR) is 137 cm³/mol. The van der Waals surface area contributed by atoms with Gasteiger partial charge in [0.05, 0.1) is 25.2 Å². The van der Waals surface area contributed by atoms with Crippen molar-refractivity contribution < 1.29 is 22.1 Å². The van der Waals surface area contributed by atoms with Gasteiger partial charge in [0.1, 0.15) is 0 Å². The van der Waals surface area contributed by atoms with Crippen molar-refractivity contribution in [3.63, 3.8) is 0 Å². The van der Waals surface area contributed by atoms with Crippen LogP contribution in [-0.2, 0) is 19.0 Å². The van der Waals surface area contributed by atoms with Crippen LogP contribution < -0.4 is 0 Å². The molecular formula is C26H31ClN2O5S. The molecule has 2 aliphatic rings. The molecule has 1 aromatic heterocycles. The number of piperidine rings is 1. The number of nitrogens with zero attached hydrogens (tertiary/aromatic N) is 2. The van der Waals surface area contributed by atoms with Crippen molar-refractivity contribution in [2.24, 2.45) is 5.92 Å². The van der Waals surface area contributed by atoms with E-state index in [4.69, 9.17) is 25.5 Å². The number of benzene rings is 1. The van der Waals surface area contributed by atoms with Gasteiger partial charge < -0.3 is 9.64 Å². The maximum Gasteiger partial charge on any atom is 0.409 e. The average Bonchev–Trinajstić information content (AvgIpc) is 2.96. The summed E-state index contributed by atoms with van der Waals surface area (Å²) in [5, 5.41) is 0.650. The minimum absolute atomic E-state index is 0.0591. The monoisotopic (exact) mass is 518 g/mol. The Bertz CT molecular complexity index is 1210. The summed E-state index contributed by atoms with van der Waals surface area (Å²) in [5.74, 6) is 0.361. The normalized spacial score (nSPS) is 18.3. The molecule has 0 radical (unpaired) electrons. The molecule has 1 atom stereocenters. The minimum Gasteiger partial charge on any atom is -0.450 e. The summed E-state index contributed by atoms with van der Waals surface area (Å²) in [4.78, 5) is 18.8. The van der Waals surface area contributed by atoms with Gasteiger partial charge in [0.2, 0.25) is 0 Å². The Morgan fingerprint density at radius 2 is 2.00 bits per heavy atom. The van der Waals surface area contributed by atoms with Gasteiger partial charge >= 0.3 is 6.09 Å². The van der Waals surface area contributed by atoms with Gasteiger partial charge in [-0.15, -0.1) is 0 Å². The fourth-order valence-corrected chi connectivity index (χ4v) is 5.68. The Morgan fingerprint density at radius 1 is 1.23 bits per heavy atom. The van der Waals surface area contributed by atoms with Crippen LogP contribution in [0.4, 0.5) is 4.79 Å². The Labute approximate surface area is 212 Å². The number of rotatable bonds is 7. The Kier molecular flexibility index (Phi) is 8.14. The number of carbonyl (C=O) groups is 1. The standard InChI is InChI=1S/C26H31ClN2O5S/c1-3-33-26(30)29-13-10-18(11-14-29)24-22-9-8-21(27)17-23(22)19(7-5-15-34-35(2,31)32)16-20-6-4-12-28-25(20)24/h4,6,8-9,12,16-18,24H,3,5,7,10-11,13-15H2,1-2H3. The second-order valence-electron chi connectivity index (χ2n) is 9.01. The first-order valence-electron chi connectivity index (χ1n) is 12.0. The van der Waals surface area contributed by atoms with Crippen molar-refractivity contribution in [3.8, 4) is 0 Å². The number of ether oxygens (including phenoxy) is 1. The molecule has 1 amide bonds. The van der Waals surface area contributed by atoms with E-state index >= 15 is 0 Å². The number of pyridine rings is 1. The molecule has 1 saturated heterocycles. The molecule has 1 aromatic carbocycles. The maximum atomic E-state index is 12.2. The summed E-state index contributed by atoms with van der Waals surface area (Å²) < 4.78 is 32.9. The van der Waals surface area contributed by atoms with Gasteiger partial charge in [-0.2, -0.15) is 8.42 Å². The lowest BCUT2D eigenvalue weighted by Crippen LogP contribution is -2.40. The zero-order valence-electron chi connectivity index (χ0n) is 20.1. The molecule has 0 N–H and O–H groups in total. The lowest BCUT2D eigenvalue weighted by atomic mass is 9.76. The molecule has 2 aromatic rings. The zero-order valence-corrected chi connectivity index (χ0v) is 21.6. The minimum atomic E-state index is -3.48. The third-order valence-electron chi connectivity index (χ3n) is 6.62. The van der Waals surface area contributed by atoms with Crippen LogP contribution in [0.3, 0.4) is 0 Å². The number of allylic oxidation sites excluding steroid dienone is 1. The molecule has 0 spiro atoms. The molecule has 0 bridgehead atoms. The maximum absolute atomic E-state index is 12.2. The van der Waals surface area contributed by atoms with E-state index in [9.17, 15) is 13.2 Å². The third kappa shape index (κ3) is 6.23. The van der Waals surface area contributed by atoms with Crippen LogP contribution in [0.15, 0.2) is 36.5 Å². The Morgan fingerprint density at radius 3 is 2.71 bits per heavy atom.